The number of rotatable bonds is 8. The molecule has 0 radical (unpaired) electrons. The fourth-order valence-corrected chi connectivity index (χ4v) is 5.61. The molecule has 1 saturated heterocycles. The topological polar surface area (TPSA) is 280 Å². The van der Waals surface area contributed by atoms with E-state index in [0.29, 0.717) is 0 Å². The van der Waals surface area contributed by atoms with Gasteiger partial charge in [-0.3, -0.25) is 23.4 Å². The fourth-order valence-electron chi connectivity index (χ4n) is 2.75. The molecule has 1 fully saturated rings. The number of ether oxygens (including phenoxy) is 1. The number of phosphoric acid groups is 3. The summed E-state index contributed by atoms with van der Waals surface area (Å²) in [7, 11) is -16.5. The van der Waals surface area contributed by atoms with Gasteiger partial charge in [-0.15, -0.1) is 0 Å². The van der Waals surface area contributed by atoms with Crippen LogP contribution in [-0.4, -0.2) is 54.2 Å². The second-order valence-corrected chi connectivity index (χ2v) is 10.6. The molecule has 18 nitrogen and oxygen atoms in total. The minimum absolute atomic E-state index is 0. The van der Waals surface area contributed by atoms with Gasteiger partial charge in [-0.2, -0.15) is 0 Å². The van der Waals surface area contributed by atoms with Crippen LogP contribution in [0.15, 0.2) is 12.7 Å². The van der Waals surface area contributed by atoms with E-state index in [0.717, 1.165) is 6.33 Å². The second kappa shape index (κ2) is 14.6. The zero-order chi connectivity index (χ0) is 24.1. The number of imidazole rings is 1. The first kappa shape index (κ1) is 39.2. The van der Waals surface area contributed by atoms with Crippen LogP contribution in [0, 0.1) is 5.41 Å². The molecule has 2 aromatic rings. The summed E-state index contributed by atoms with van der Waals surface area (Å²) in [5.74, 6) is 0. The summed E-state index contributed by atoms with van der Waals surface area (Å²) in [4.78, 5) is 51.5. The predicted molar refractivity (Wildman–Crippen MR) is 89.2 cm³/mol. The molecular formula is C11H14Li4N5O13P3. The van der Waals surface area contributed by atoms with E-state index in [2.05, 4.69) is 23.1 Å². The van der Waals surface area contributed by atoms with Crippen molar-refractivity contribution in [2.45, 2.75) is 24.5 Å². The molecule has 6 unspecified atom stereocenters. The van der Waals surface area contributed by atoms with Crippen molar-refractivity contribution in [1.82, 2.24) is 19.1 Å². The first-order chi connectivity index (χ1) is 14.6. The second-order valence-electron chi connectivity index (χ2n) is 6.38. The largest absolute Gasteiger partial charge is 1.00 e. The van der Waals surface area contributed by atoms with Crippen molar-refractivity contribution in [3.63, 3.8) is 0 Å². The summed E-state index contributed by atoms with van der Waals surface area (Å²) in [5.41, 5.74) is 0.224. The monoisotopic (exact) mass is 545 g/mol. The summed E-state index contributed by atoms with van der Waals surface area (Å²) in [5, 5.41) is 28.4. The van der Waals surface area contributed by atoms with Crippen LogP contribution in [0.5, 0.6) is 0 Å². The number of hydrogen-bond acceptors (Lipinski definition) is 16. The van der Waals surface area contributed by atoms with E-state index < -0.39 is 54.6 Å². The average molecular weight is 545 g/mol. The van der Waals surface area contributed by atoms with Crippen molar-refractivity contribution in [3.8, 4) is 0 Å². The molecule has 180 valence electrons. The number of hydrogen-bond donors (Lipinski definition) is 3. The number of aryl methyl sites for hydroxylation is 1. The molecule has 3 rings (SSSR count). The van der Waals surface area contributed by atoms with Crippen LogP contribution < -0.4 is 101 Å². The van der Waals surface area contributed by atoms with Crippen molar-refractivity contribution in [3.05, 3.63) is 18.1 Å². The smallest absolute Gasteiger partial charge is 0.790 e. The fraction of sp³-hybridized carbons (Fsp3) is 0.545. The third-order valence-electron chi connectivity index (χ3n) is 4.11. The molecule has 2 aromatic heterocycles. The number of nitrogens with one attached hydrogen (secondary N) is 1. The molecule has 25 heteroatoms. The molecule has 6 atom stereocenters. The van der Waals surface area contributed by atoms with Gasteiger partial charge in [0.25, 0.3) is 15.6 Å². The molecule has 0 amide bonds. The van der Waals surface area contributed by atoms with Crippen molar-refractivity contribution in [1.29, 1.82) is 5.41 Å². The van der Waals surface area contributed by atoms with Gasteiger partial charge < -0.3 is 48.2 Å². The maximum atomic E-state index is 11.6. The van der Waals surface area contributed by atoms with Crippen LogP contribution >= 0.6 is 23.5 Å². The van der Waals surface area contributed by atoms with E-state index in [1.165, 1.54) is 15.5 Å². The average Bonchev–Trinajstić information content (AvgIpc) is 3.16. The van der Waals surface area contributed by atoms with Gasteiger partial charge in [-0.25, -0.2) is 14.3 Å². The summed E-state index contributed by atoms with van der Waals surface area (Å²) < 4.78 is 51.7. The maximum Gasteiger partial charge on any atom is 1.00 e. The summed E-state index contributed by atoms with van der Waals surface area (Å²) in [6.45, 7) is -1.08. The zero-order valence-corrected chi connectivity index (χ0v) is 22.4. The summed E-state index contributed by atoms with van der Waals surface area (Å²) >= 11 is 0. The minimum atomic E-state index is -6.14. The first-order valence-electron chi connectivity index (χ1n) is 8.26. The molecule has 0 spiro atoms. The third-order valence-corrected chi connectivity index (χ3v) is 7.77. The van der Waals surface area contributed by atoms with Crippen molar-refractivity contribution in [2.75, 3.05) is 6.61 Å². The Morgan fingerprint density at radius 1 is 1.00 bits per heavy atom. The normalized spacial score (nSPS) is 24.9. The number of aliphatic hydroxyl groups is 2. The van der Waals surface area contributed by atoms with Gasteiger partial charge in [-0.05, 0) is 0 Å². The molecule has 0 bridgehead atoms. The molecular weight excluding hydrogens is 531 g/mol. The van der Waals surface area contributed by atoms with Gasteiger partial charge >= 0.3 is 75.4 Å². The van der Waals surface area contributed by atoms with E-state index in [4.69, 9.17) is 10.1 Å². The minimum Gasteiger partial charge on any atom is -0.790 e. The molecule has 0 aliphatic carbocycles. The first-order valence-corrected chi connectivity index (χ1v) is 12.6. The van der Waals surface area contributed by atoms with Gasteiger partial charge in [0, 0.05) is 7.05 Å². The molecule has 0 aromatic carbocycles. The summed E-state index contributed by atoms with van der Waals surface area (Å²) in [6, 6.07) is 0. The van der Waals surface area contributed by atoms with Gasteiger partial charge in [0.1, 0.15) is 23.8 Å². The number of aromatic nitrogens is 4. The Morgan fingerprint density at radius 2 is 1.58 bits per heavy atom. The molecule has 36 heavy (non-hydrogen) atoms. The summed E-state index contributed by atoms with van der Waals surface area (Å²) in [6.07, 6.45) is -3.85. The van der Waals surface area contributed by atoms with E-state index in [1.54, 1.807) is 7.05 Å². The van der Waals surface area contributed by atoms with Gasteiger partial charge in [0.2, 0.25) is 0 Å². The van der Waals surface area contributed by atoms with E-state index in [9.17, 15) is 43.5 Å². The van der Waals surface area contributed by atoms with Crippen LogP contribution in [-0.2, 0) is 38.6 Å². The standard InChI is InChI=1S/C11H18N5O13P3.4Li/c1-15-3-14-10-6(9(15)12)13-4-16(10)11-8(18)7(17)5(27-11)2-26-31(22,23)29-32(24,25)28-30(19,20)21;;;;/h3-5,7-8,11-12,17-18H,2H2,1H3,(H,22,23)(H,24,25)(H2,19,20,21);;;;/q;4*+1/p-4. The van der Waals surface area contributed by atoms with Crippen LogP contribution in [0.25, 0.3) is 11.2 Å². The molecule has 3 heterocycles. The number of aliphatic hydroxyl groups excluding tert-OH is 2. The van der Waals surface area contributed by atoms with Crippen LogP contribution in [0.4, 0.5) is 0 Å². The number of fused-ring (bicyclic) bond motifs is 1. The van der Waals surface area contributed by atoms with Crippen molar-refractivity contribution < 1.29 is 137 Å². The van der Waals surface area contributed by atoms with Gasteiger partial charge in [-0.1, -0.05) is 0 Å². The maximum absolute atomic E-state index is 11.6. The number of nitrogens with zero attached hydrogens (tertiary/aromatic N) is 4. The van der Waals surface area contributed by atoms with Crippen molar-refractivity contribution >= 4 is 34.6 Å². The van der Waals surface area contributed by atoms with E-state index in [1.807, 2.05) is 0 Å². The zero-order valence-electron chi connectivity index (χ0n) is 19.7. The van der Waals surface area contributed by atoms with Crippen molar-refractivity contribution in [2.24, 2.45) is 7.05 Å². The Kier molecular flexibility index (Phi) is 15.9. The van der Waals surface area contributed by atoms with Gasteiger partial charge in [0.05, 0.1) is 27.1 Å². The molecule has 1 aliphatic rings. The van der Waals surface area contributed by atoms with Crippen LogP contribution in [0.1, 0.15) is 6.23 Å². The van der Waals surface area contributed by atoms with Crippen LogP contribution in [0.2, 0.25) is 0 Å². The molecule has 0 saturated carbocycles. The van der Waals surface area contributed by atoms with Gasteiger partial charge in [0.15, 0.2) is 17.4 Å². The van der Waals surface area contributed by atoms with E-state index in [-0.39, 0.29) is 92.1 Å². The Morgan fingerprint density at radius 3 is 2.14 bits per heavy atom. The Balaban J connectivity index is 0. The SMILES string of the molecule is Cn1cnc2c(ncn2C2OC(COP(=O)([O-])OP(=O)([O-])OP(=O)([O-])[O-])C(O)C2O)c1=N.[Li+].[Li+].[Li+].[Li+]. The van der Waals surface area contributed by atoms with E-state index >= 15 is 0 Å². The quantitative estimate of drug-likeness (QED) is 0.205. The molecule has 3 N–H and O–H groups in total. The predicted octanol–water partition coefficient (Wildman–Crippen LogP) is -16.3. The Bertz CT molecular complexity index is 1230. The van der Waals surface area contributed by atoms with Crippen LogP contribution in [0.3, 0.4) is 0 Å². The number of phosphoric ester groups is 1. The third kappa shape index (κ3) is 9.59. The molecule has 1 aliphatic heterocycles. The Hall–Kier alpha value is 1.03. The Labute approximate surface area is 250 Å².